The number of benzene rings is 1. The first-order chi connectivity index (χ1) is 17.9. The van der Waals surface area contributed by atoms with Gasteiger partial charge in [-0.2, -0.15) is 0 Å². The Labute approximate surface area is 218 Å². The number of aromatic nitrogens is 3. The Balaban J connectivity index is 1.67. The summed E-state index contributed by atoms with van der Waals surface area (Å²) in [4.78, 5) is 26.1. The molecule has 0 aliphatic carbocycles. The van der Waals surface area contributed by atoms with Crippen molar-refractivity contribution in [2.24, 2.45) is 5.92 Å². The molecule has 38 heavy (non-hydrogen) atoms. The van der Waals surface area contributed by atoms with Crippen LogP contribution in [0.5, 0.6) is 0 Å². The standard InChI is InChI=1S/C27H31F4N5O2/c1-15(2)27(30,31)20-7-5-6-18(23(20)29)16(3)34-24-19-12-21(17(4)35-25(19)33-14-32-24)26(38)8-10-36(11-9-26)22(37)13-28/h5-7,12,14-16,38H,8-11,13H2,1-4H3,(H,32,33,34,35)/t16-/m1/s1. The van der Waals surface area contributed by atoms with Crippen molar-refractivity contribution in [2.75, 3.05) is 25.1 Å². The molecule has 3 heterocycles. The van der Waals surface area contributed by atoms with Crippen molar-refractivity contribution in [3.63, 3.8) is 0 Å². The zero-order valence-electron chi connectivity index (χ0n) is 21.7. The third-order valence-corrected chi connectivity index (χ3v) is 7.31. The number of fused-ring (bicyclic) bond motifs is 1. The SMILES string of the molecule is Cc1nc2ncnc(N[C@H](C)c3cccc(C(F)(F)C(C)C)c3F)c2cc1C1(O)CCN(C(=O)CF)CC1. The number of carbonyl (C=O) groups excluding carboxylic acids is 1. The summed E-state index contributed by atoms with van der Waals surface area (Å²) >= 11 is 0. The van der Waals surface area contributed by atoms with Gasteiger partial charge in [0.25, 0.3) is 11.8 Å². The number of rotatable bonds is 7. The van der Waals surface area contributed by atoms with Gasteiger partial charge in [0.15, 0.2) is 12.3 Å². The number of carbonyl (C=O) groups is 1. The van der Waals surface area contributed by atoms with Crippen molar-refractivity contribution in [3.05, 3.63) is 58.8 Å². The van der Waals surface area contributed by atoms with Gasteiger partial charge in [0.05, 0.1) is 22.6 Å². The predicted molar refractivity (Wildman–Crippen MR) is 135 cm³/mol. The molecule has 4 rings (SSSR count). The lowest BCUT2D eigenvalue weighted by Gasteiger charge is -2.38. The molecule has 2 N–H and O–H groups in total. The minimum Gasteiger partial charge on any atom is -0.385 e. The highest BCUT2D eigenvalue weighted by atomic mass is 19.3. The molecule has 1 atom stereocenters. The molecule has 1 fully saturated rings. The van der Waals surface area contributed by atoms with E-state index in [9.17, 15) is 23.1 Å². The fourth-order valence-corrected chi connectivity index (χ4v) is 4.88. The average molecular weight is 534 g/mol. The number of hydrogen-bond donors (Lipinski definition) is 2. The number of halogens is 4. The smallest absolute Gasteiger partial charge is 0.278 e. The highest BCUT2D eigenvalue weighted by Crippen LogP contribution is 2.40. The quantitative estimate of drug-likeness (QED) is 0.407. The molecule has 11 heteroatoms. The van der Waals surface area contributed by atoms with Crippen molar-refractivity contribution in [3.8, 4) is 0 Å². The normalized spacial score (nSPS) is 16.6. The van der Waals surface area contributed by atoms with E-state index in [1.54, 1.807) is 19.9 Å². The van der Waals surface area contributed by atoms with Gasteiger partial charge in [0.1, 0.15) is 18.0 Å². The summed E-state index contributed by atoms with van der Waals surface area (Å²) in [5, 5.41) is 15.0. The number of aryl methyl sites for hydroxylation is 1. The second-order valence-electron chi connectivity index (χ2n) is 10.1. The Morgan fingerprint density at radius 3 is 2.53 bits per heavy atom. The van der Waals surface area contributed by atoms with Crippen molar-refractivity contribution in [1.29, 1.82) is 0 Å². The van der Waals surface area contributed by atoms with Crippen LogP contribution < -0.4 is 5.32 Å². The largest absolute Gasteiger partial charge is 0.385 e. The molecule has 0 radical (unpaired) electrons. The first-order valence-electron chi connectivity index (χ1n) is 12.5. The maximum absolute atomic E-state index is 15.3. The molecule has 1 saturated heterocycles. The fraction of sp³-hybridized carbons (Fsp3) is 0.481. The summed E-state index contributed by atoms with van der Waals surface area (Å²) in [7, 11) is 0. The number of pyridine rings is 1. The zero-order chi connectivity index (χ0) is 27.8. The van der Waals surface area contributed by atoms with Crippen LogP contribution in [0.25, 0.3) is 11.0 Å². The van der Waals surface area contributed by atoms with Crippen LogP contribution in [0.1, 0.15) is 62.0 Å². The molecular formula is C27H31F4N5O2. The summed E-state index contributed by atoms with van der Waals surface area (Å²) in [6.45, 7) is 5.35. The third kappa shape index (κ3) is 5.03. The zero-order valence-corrected chi connectivity index (χ0v) is 21.7. The van der Waals surface area contributed by atoms with Gasteiger partial charge >= 0.3 is 0 Å². The number of hydrogen-bond acceptors (Lipinski definition) is 6. The molecule has 1 amide bonds. The number of amides is 1. The van der Waals surface area contributed by atoms with Crippen LogP contribution in [0.2, 0.25) is 0 Å². The fourth-order valence-electron chi connectivity index (χ4n) is 4.88. The molecule has 0 spiro atoms. The molecule has 1 aromatic carbocycles. The van der Waals surface area contributed by atoms with Crippen LogP contribution in [0.4, 0.5) is 23.4 Å². The summed E-state index contributed by atoms with van der Waals surface area (Å²) in [6.07, 6.45) is 1.68. The van der Waals surface area contributed by atoms with Crippen LogP contribution in [0, 0.1) is 18.7 Å². The summed E-state index contributed by atoms with van der Waals surface area (Å²) in [5.74, 6) is -5.72. The molecule has 0 bridgehead atoms. The van der Waals surface area contributed by atoms with Gasteiger partial charge in [0, 0.05) is 35.8 Å². The van der Waals surface area contributed by atoms with Gasteiger partial charge < -0.3 is 15.3 Å². The first kappa shape index (κ1) is 27.7. The molecule has 2 aromatic heterocycles. The van der Waals surface area contributed by atoms with Crippen LogP contribution in [0.3, 0.4) is 0 Å². The Morgan fingerprint density at radius 1 is 1.21 bits per heavy atom. The van der Waals surface area contributed by atoms with E-state index in [2.05, 4.69) is 20.3 Å². The van der Waals surface area contributed by atoms with E-state index in [0.717, 1.165) is 6.07 Å². The van der Waals surface area contributed by atoms with Gasteiger partial charge in [-0.1, -0.05) is 32.0 Å². The highest BCUT2D eigenvalue weighted by Gasteiger charge is 2.39. The van der Waals surface area contributed by atoms with E-state index in [1.165, 1.54) is 37.2 Å². The van der Waals surface area contributed by atoms with Crippen molar-refractivity contribution in [2.45, 2.75) is 58.1 Å². The van der Waals surface area contributed by atoms with Crippen molar-refractivity contribution in [1.82, 2.24) is 19.9 Å². The maximum atomic E-state index is 15.3. The van der Waals surface area contributed by atoms with Crippen LogP contribution in [-0.4, -0.2) is 50.6 Å². The number of alkyl halides is 3. The minimum absolute atomic E-state index is 0.0541. The number of piperidine rings is 1. The van der Waals surface area contributed by atoms with Crippen LogP contribution >= 0.6 is 0 Å². The number of likely N-dealkylation sites (tertiary alicyclic amines) is 1. The second-order valence-corrected chi connectivity index (χ2v) is 10.1. The molecule has 1 aliphatic rings. The molecular weight excluding hydrogens is 502 g/mol. The van der Waals surface area contributed by atoms with E-state index in [4.69, 9.17) is 0 Å². The topological polar surface area (TPSA) is 91.2 Å². The minimum atomic E-state index is -3.34. The Morgan fingerprint density at radius 2 is 1.89 bits per heavy atom. The monoisotopic (exact) mass is 533 g/mol. The highest BCUT2D eigenvalue weighted by molar-refractivity contribution is 5.87. The van der Waals surface area contributed by atoms with E-state index in [1.807, 2.05) is 0 Å². The van der Waals surface area contributed by atoms with Gasteiger partial charge in [-0.15, -0.1) is 0 Å². The maximum Gasteiger partial charge on any atom is 0.278 e. The predicted octanol–water partition coefficient (Wildman–Crippen LogP) is 5.17. The van der Waals surface area contributed by atoms with Crippen LogP contribution in [-0.2, 0) is 16.3 Å². The lowest BCUT2D eigenvalue weighted by Crippen LogP contribution is -2.46. The third-order valence-electron chi connectivity index (χ3n) is 7.31. The average Bonchev–Trinajstić information content (AvgIpc) is 2.88. The lowest BCUT2D eigenvalue weighted by molar-refractivity contribution is -0.136. The number of nitrogens with zero attached hydrogens (tertiary/aromatic N) is 4. The number of anilines is 1. The van der Waals surface area contributed by atoms with E-state index in [-0.39, 0.29) is 31.5 Å². The molecule has 204 valence electrons. The molecule has 1 aliphatic heterocycles. The van der Waals surface area contributed by atoms with E-state index >= 15 is 4.39 Å². The molecule has 3 aromatic rings. The Bertz CT molecular complexity index is 1340. The molecule has 7 nitrogen and oxygen atoms in total. The van der Waals surface area contributed by atoms with E-state index < -0.39 is 47.4 Å². The van der Waals surface area contributed by atoms with Crippen molar-refractivity contribution < 1.29 is 27.5 Å². The Hall–Kier alpha value is -3.34. The van der Waals surface area contributed by atoms with Gasteiger partial charge in [0.2, 0.25) is 0 Å². The van der Waals surface area contributed by atoms with E-state index in [0.29, 0.717) is 28.1 Å². The summed E-state index contributed by atoms with van der Waals surface area (Å²) < 4.78 is 57.4. The number of aliphatic hydroxyl groups is 1. The first-order valence-corrected chi connectivity index (χ1v) is 12.5. The second kappa shape index (κ2) is 10.4. The lowest BCUT2D eigenvalue weighted by atomic mass is 9.83. The van der Waals surface area contributed by atoms with Crippen LogP contribution in [0.15, 0.2) is 30.6 Å². The Kier molecular flexibility index (Phi) is 7.60. The van der Waals surface area contributed by atoms with Gasteiger partial charge in [-0.05, 0) is 32.8 Å². The summed E-state index contributed by atoms with van der Waals surface area (Å²) in [6, 6.07) is 4.91. The molecule has 0 unspecified atom stereocenters. The van der Waals surface area contributed by atoms with Gasteiger partial charge in [-0.25, -0.2) is 32.5 Å². The van der Waals surface area contributed by atoms with Gasteiger partial charge in [-0.3, -0.25) is 4.79 Å². The number of nitrogens with one attached hydrogen (secondary N) is 1. The molecule has 0 saturated carbocycles. The van der Waals surface area contributed by atoms with Crippen molar-refractivity contribution >= 4 is 22.8 Å². The summed E-state index contributed by atoms with van der Waals surface area (Å²) in [5.41, 5.74) is -0.514.